The van der Waals surface area contributed by atoms with E-state index in [-0.39, 0.29) is 11.4 Å². The Morgan fingerprint density at radius 2 is 1.89 bits per heavy atom. The Kier molecular flexibility index (Phi) is 4.69. The van der Waals surface area contributed by atoms with Crippen LogP contribution in [0.25, 0.3) is 0 Å². The van der Waals surface area contributed by atoms with Crippen LogP contribution >= 0.6 is 0 Å². The van der Waals surface area contributed by atoms with E-state index in [1.165, 1.54) is 44.9 Å². The molecule has 0 radical (unpaired) electrons. The molecule has 1 saturated heterocycles. The van der Waals surface area contributed by atoms with Crippen LogP contribution in [0.5, 0.6) is 0 Å². The molecule has 0 spiro atoms. The fraction of sp³-hybridized carbons (Fsp3) is 0.938. The van der Waals surface area contributed by atoms with Gasteiger partial charge in [0.2, 0.25) is 5.91 Å². The van der Waals surface area contributed by atoms with Crippen molar-refractivity contribution in [3.63, 3.8) is 0 Å². The van der Waals surface area contributed by atoms with Gasteiger partial charge < -0.3 is 5.32 Å². The molecule has 104 valence electrons. The molecule has 2 rings (SSSR count). The summed E-state index contributed by atoms with van der Waals surface area (Å²) >= 11 is 0. The molecule has 1 aliphatic carbocycles. The van der Waals surface area contributed by atoms with E-state index >= 15 is 0 Å². The van der Waals surface area contributed by atoms with Crippen LogP contribution in [0.2, 0.25) is 0 Å². The maximum atomic E-state index is 11.6. The lowest BCUT2D eigenvalue weighted by Gasteiger charge is -2.34. The van der Waals surface area contributed by atoms with E-state index in [1.807, 2.05) is 0 Å². The highest BCUT2D eigenvalue weighted by atomic mass is 16.2. The van der Waals surface area contributed by atoms with Gasteiger partial charge in [0.05, 0.1) is 0 Å². The fourth-order valence-electron chi connectivity index (χ4n) is 4.07. The summed E-state index contributed by atoms with van der Waals surface area (Å²) in [6.07, 6.45) is 12.6. The zero-order valence-corrected chi connectivity index (χ0v) is 12.1. The first-order chi connectivity index (χ1) is 8.60. The minimum atomic E-state index is 0.139. The molecule has 18 heavy (non-hydrogen) atoms. The Morgan fingerprint density at radius 1 is 1.22 bits per heavy atom. The summed E-state index contributed by atoms with van der Waals surface area (Å²) < 4.78 is 0. The molecule has 0 aromatic heterocycles. The van der Waals surface area contributed by atoms with Gasteiger partial charge in [0.15, 0.2) is 0 Å². The lowest BCUT2D eigenvalue weighted by atomic mass is 9.78. The van der Waals surface area contributed by atoms with E-state index in [2.05, 4.69) is 19.2 Å². The summed E-state index contributed by atoms with van der Waals surface area (Å²) in [6.45, 7) is 4.55. The minimum Gasteiger partial charge on any atom is -0.351 e. The Balaban J connectivity index is 1.98. The van der Waals surface area contributed by atoms with Gasteiger partial charge in [-0.3, -0.25) is 4.79 Å². The highest BCUT2D eigenvalue weighted by Gasteiger charge is 2.39. The third-order valence-corrected chi connectivity index (χ3v) is 4.69. The Labute approximate surface area is 112 Å². The number of hydrogen-bond acceptors (Lipinski definition) is 1. The molecule has 2 fully saturated rings. The van der Waals surface area contributed by atoms with Crippen LogP contribution in [-0.2, 0) is 4.79 Å². The third-order valence-electron chi connectivity index (χ3n) is 4.69. The van der Waals surface area contributed by atoms with Crippen molar-refractivity contribution in [2.24, 2.45) is 11.8 Å². The molecule has 2 nitrogen and oxygen atoms in total. The molecule has 1 unspecified atom stereocenters. The molecule has 1 amide bonds. The number of rotatable bonds is 4. The average molecular weight is 251 g/mol. The van der Waals surface area contributed by atoms with Crippen LogP contribution in [0.3, 0.4) is 0 Å². The van der Waals surface area contributed by atoms with Crippen molar-refractivity contribution in [3.8, 4) is 0 Å². The lowest BCUT2D eigenvalue weighted by molar-refractivity contribution is -0.120. The smallest absolute Gasteiger partial charge is 0.220 e. The topological polar surface area (TPSA) is 29.1 Å². The minimum absolute atomic E-state index is 0.139. The molecule has 0 aromatic carbocycles. The van der Waals surface area contributed by atoms with E-state index in [4.69, 9.17) is 0 Å². The van der Waals surface area contributed by atoms with E-state index < -0.39 is 0 Å². The molecule has 1 heterocycles. The van der Waals surface area contributed by atoms with Gasteiger partial charge in [0.1, 0.15) is 0 Å². The standard InChI is InChI=1S/C16H29NO/c1-13(2)11-16(10-9-15(18)17-16)12-14-7-5-3-4-6-8-14/h13-14H,3-12H2,1-2H3,(H,17,18). The van der Waals surface area contributed by atoms with Crippen molar-refractivity contribution >= 4 is 5.91 Å². The molecule has 0 bridgehead atoms. The van der Waals surface area contributed by atoms with Gasteiger partial charge in [0, 0.05) is 12.0 Å². The zero-order chi connectivity index (χ0) is 13.0. The van der Waals surface area contributed by atoms with Gasteiger partial charge in [-0.1, -0.05) is 52.4 Å². The lowest BCUT2D eigenvalue weighted by Crippen LogP contribution is -2.44. The Hall–Kier alpha value is -0.530. The van der Waals surface area contributed by atoms with Crippen LogP contribution < -0.4 is 5.32 Å². The van der Waals surface area contributed by atoms with Crippen molar-refractivity contribution in [2.75, 3.05) is 0 Å². The third kappa shape index (κ3) is 3.73. The van der Waals surface area contributed by atoms with Crippen molar-refractivity contribution in [2.45, 2.75) is 83.6 Å². The van der Waals surface area contributed by atoms with Crippen LogP contribution in [0, 0.1) is 11.8 Å². The number of amides is 1. The van der Waals surface area contributed by atoms with E-state index in [1.54, 1.807) is 0 Å². The summed E-state index contributed by atoms with van der Waals surface area (Å²) in [4.78, 5) is 11.6. The zero-order valence-electron chi connectivity index (χ0n) is 12.1. The summed E-state index contributed by atoms with van der Waals surface area (Å²) in [5.41, 5.74) is 0.139. The number of hydrogen-bond donors (Lipinski definition) is 1. The first-order valence-electron chi connectivity index (χ1n) is 7.91. The second-order valence-corrected chi connectivity index (χ2v) is 6.99. The van der Waals surface area contributed by atoms with Gasteiger partial charge >= 0.3 is 0 Å². The van der Waals surface area contributed by atoms with Gasteiger partial charge in [0.25, 0.3) is 0 Å². The fourth-order valence-corrected chi connectivity index (χ4v) is 4.07. The number of carbonyl (C=O) groups is 1. The highest BCUT2D eigenvalue weighted by Crippen LogP contribution is 2.37. The highest BCUT2D eigenvalue weighted by molar-refractivity contribution is 5.79. The normalized spacial score (nSPS) is 30.5. The summed E-state index contributed by atoms with van der Waals surface area (Å²) in [7, 11) is 0. The second-order valence-electron chi connectivity index (χ2n) is 6.99. The monoisotopic (exact) mass is 251 g/mol. The van der Waals surface area contributed by atoms with Crippen LogP contribution in [0.15, 0.2) is 0 Å². The Morgan fingerprint density at radius 3 is 2.39 bits per heavy atom. The number of nitrogens with one attached hydrogen (secondary N) is 1. The van der Waals surface area contributed by atoms with Crippen LogP contribution in [-0.4, -0.2) is 11.4 Å². The largest absolute Gasteiger partial charge is 0.351 e. The van der Waals surface area contributed by atoms with E-state index in [9.17, 15) is 4.79 Å². The maximum absolute atomic E-state index is 11.6. The summed E-state index contributed by atoms with van der Waals surface area (Å²) in [5.74, 6) is 1.81. The van der Waals surface area contributed by atoms with Crippen molar-refractivity contribution in [3.05, 3.63) is 0 Å². The molecule has 2 heteroatoms. The first kappa shape index (κ1) is 13.9. The Bertz CT molecular complexity index is 279. The predicted octanol–water partition coefficient (Wildman–Crippen LogP) is 4.04. The van der Waals surface area contributed by atoms with Crippen molar-refractivity contribution in [1.82, 2.24) is 5.32 Å². The van der Waals surface area contributed by atoms with Crippen molar-refractivity contribution < 1.29 is 4.79 Å². The molecule has 1 atom stereocenters. The molecule has 2 aliphatic rings. The van der Waals surface area contributed by atoms with Gasteiger partial charge in [-0.05, 0) is 31.1 Å². The second kappa shape index (κ2) is 6.08. The molecule has 1 aliphatic heterocycles. The molecule has 1 N–H and O–H groups in total. The summed E-state index contributed by atoms with van der Waals surface area (Å²) in [6, 6.07) is 0. The van der Waals surface area contributed by atoms with Crippen molar-refractivity contribution in [1.29, 1.82) is 0 Å². The van der Waals surface area contributed by atoms with Gasteiger partial charge in [-0.25, -0.2) is 0 Å². The molecule has 1 saturated carbocycles. The van der Waals surface area contributed by atoms with Gasteiger partial charge in [-0.2, -0.15) is 0 Å². The first-order valence-corrected chi connectivity index (χ1v) is 7.91. The predicted molar refractivity (Wildman–Crippen MR) is 75.4 cm³/mol. The molecular formula is C16H29NO. The van der Waals surface area contributed by atoms with E-state index in [0.29, 0.717) is 5.92 Å². The van der Waals surface area contributed by atoms with Gasteiger partial charge in [-0.15, -0.1) is 0 Å². The quantitative estimate of drug-likeness (QED) is 0.751. The van der Waals surface area contributed by atoms with Crippen LogP contribution in [0.1, 0.15) is 78.1 Å². The molecular weight excluding hydrogens is 222 g/mol. The average Bonchev–Trinajstić information content (AvgIpc) is 2.51. The van der Waals surface area contributed by atoms with Crippen LogP contribution in [0.4, 0.5) is 0 Å². The number of carbonyl (C=O) groups excluding carboxylic acids is 1. The maximum Gasteiger partial charge on any atom is 0.220 e. The molecule has 0 aromatic rings. The van der Waals surface area contributed by atoms with E-state index in [0.717, 1.165) is 25.2 Å². The SMILES string of the molecule is CC(C)CC1(CC2CCCCCC2)CCC(=O)N1. The summed E-state index contributed by atoms with van der Waals surface area (Å²) in [5, 5.41) is 3.33.